The van der Waals surface area contributed by atoms with Crippen LogP contribution in [0.2, 0.25) is 0 Å². The molecule has 1 aliphatic rings. The number of carbonyl (C=O) groups is 1. The van der Waals surface area contributed by atoms with Crippen molar-refractivity contribution in [3.05, 3.63) is 40.3 Å². The molecule has 3 rings (SSSR count). The van der Waals surface area contributed by atoms with Crippen molar-refractivity contribution in [3.8, 4) is 0 Å². The largest absolute Gasteiger partial charge is 0.342 e. The van der Waals surface area contributed by atoms with E-state index in [1.54, 1.807) is 13.1 Å². The third kappa shape index (κ3) is 2.63. The Kier molecular flexibility index (Phi) is 3.96. The summed E-state index contributed by atoms with van der Waals surface area (Å²) in [4.78, 5) is 26.5. The van der Waals surface area contributed by atoms with E-state index in [9.17, 15) is 9.59 Å². The number of rotatable bonds is 3. The Bertz CT molecular complexity index is 760. The van der Waals surface area contributed by atoms with Gasteiger partial charge in [-0.2, -0.15) is 5.10 Å². The molecule has 0 bridgehead atoms. The zero-order valence-electron chi connectivity index (χ0n) is 13.1. The average Bonchev–Trinajstić information content (AvgIpc) is 3.06. The molecular weight excluding hydrogens is 278 g/mol. The highest BCUT2D eigenvalue weighted by molar-refractivity contribution is 5.88. The van der Waals surface area contributed by atoms with Crippen LogP contribution in [-0.2, 0) is 18.3 Å². The number of aryl methyl sites for hydroxylation is 1. The molecule has 2 aromatic rings. The van der Waals surface area contributed by atoms with Crippen LogP contribution in [0.4, 0.5) is 0 Å². The Morgan fingerprint density at radius 1 is 1.27 bits per heavy atom. The van der Waals surface area contributed by atoms with E-state index in [4.69, 9.17) is 0 Å². The Labute approximate surface area is 129 Å². The standard InChI is InChI=1S/C17H21N3O2/c1-19(12-7-3-4-8-12)16(21)11-15-13-9-5-6-10-14(13)17(22)20(2)18-15/h5-6,9-10,12H,3-4,7-8,11H2,1-2H3. The van der Waals surface area contributed by atoms with Gasteiger partial charge in [-0.1, -0.05) is 31.0 Å². The van der Waals surface area contributed by atoms with Crippen molar-refractivity contribution >= 4 is 16.7 Å². The van der Waals surface area contributed by atoms with E-state index in [1.807, 2.05) is 30.1 Å². The molecule has 1 aromatic carbocycles. The van der Waals surface area contributed by atoms with Crippen LogP contribution in [0.15, 0.2) is 29.1 Å². The Balaban J connectivity index is 1.92. The fourth-order valence-corrected chi connectivity index (χ4v) is 3.27. The Morgan fingerprint density at radius 3 is 2.59 bits per heavy atom. The van der Waals surface area contributed by atoms with E-state index in [0.29, 0.717) is 17.1 Å². The summed E-state index contributed by atoms with van der Waals surface area (Å²) in [6.45, 7) is 0. The third-order valence-corrected chi connectivity index (χ3v) is 4.62. The first-order chi connectivity index (χ1) is 10.6. The lowest BCUT2D eigenvalue weighted by Crippen LogP contribution is -2.36. The normalized spacial score (nSPS) is 15.4. The van der Waals surface area contributed by atoms with Crippen molar-refractivity contribution < 1.29 is 4.79 Å². The third-order valence-electron chi connectivity index (χ3n) is 4.62. The van der Waals surface area contributed by atoms with E-state index in [2.05, 4.69) is 5.10 Å². The minimum atomic E-state index is -0.129. The van der Waals surface area contributed by atoms with Crippen LogP contribution in [0, 0.1) is 0 Å². The summed E-state index contributed by atoms with van der Waals surface area (Å²) in [5, 5.41) is 5.70. The van der Waals surface area contributed by atoms with Gasteiger partial charge in [-0.15, -0.1) is 0 Å². The molecule has 0 atom stereocenters. The topological polar surface area (TPSA) is 55.2 Å². The predicted octanol–water partition coefficient (Wildman–Crippen LogP) is 1.88. The van der Waals surface area contributed by atoms with Crippen LogP contribution in [0.3, 0.4) is 0 Å². The summed E-state index contributed by atoms with van der Waals surface area (Å²) in [5.41, 5.74) is 0.545. The summed E-state index contributed by atoms with van der Waals surface area (Å²) < 4.78 is 1.32. The number of benzene rings is 1. The second kappa shape index (κ2) is 5.91. The van der Waals surface area contributed by atoms with Gasteiger partial charge >= 0.3 is 0 Å². The minimum absolute atomic E-state index is 0.0724. The number of aromatic nitrogens is 2. The van der Waals surface area contributed by atoms with E-state index in [1.165, 1.54) is 17.5 Å². The molecule has 0 spiro atoms. The lowest BCUT2D eigenvalue weighted by Gasteiger charge is -2.24. The van der Waals surface area contributed by atoms with E-state index >= 15 is 0 Å². The van der Waals surface area contributed by atoms with Gasteiger partial charge in [0.1, 0.15) is 0 Å². The number of hydrogen-bond acceptors (Lipinski definition) is 3. The van der Waals surface area contributed by atoms with E-state index in [0.717, 1.165) is 18.2 Å². The fourth-order valence-electron chi connectivity index (χ4n) is 3.27. The molecule has 22 heavy (non-hydrogen) atoms. The van der Waals surface area contributed by atoms with Gasteiger partial charge in [0, 0.05) is 25.5 Å². The Morgan fingerprint density at radius 2 is 1.91 bits per heavy atom. The van der Waals surface area contributed by atoms with Gasteiger partial charge in [-0.05, 0) is 18.9 Å². The molecule has 0 aliphatic heterocycles. The molecule has 1 heterocycles. The molecule has 1 aromatic heterocycles. The van der Waals surface area contributed by atoms with Gasteiger partial charge in [0.05, 0.1) is 17.5 Å². The molecule has 1 aliphatic carbocycles. The molecule has 0 saturated heterocycles. The smallest absolute Gasteiger partial charge is 0.274 e. The number of fused-ring (bicyclic) bond motifs is 1. The molecule has 0 N–H and O–H groups in total. The molecule has 0 radical (unpaired) electrons. The van der Waals surface area contributed by atoms with Crippen molar-refractivity contribution in [2.24, 2.45) is 7.05 Å². The maximum Gasteiger partial charge on any atom is 0.274 e. The van der Waals surface area contributed by atoms with Crippen molar-refractivity contribution in [3.63, 3.8) is 0 Å². The van der Waals surface area contributed by atoms with Crippen LogP contribution >= 0.6 is 0 Å². The van der Waals surface area contributed by atoms with Crippen molar-refractivity contribution in [1.29, 1.82) is 0 Å². The zero-order valence-corrected chi connectivity index (χ0v) is 13.1. The molecular formula is C17H21N3O2. The van der Waals surface area contributed by atoms with Gasteiger partial charge < -0.3 is 4.90 Å². The first kappa shape index (κ1) is 14.8. The van der Waals surface area contributed by atoms with Crippen molar-refractivity contribution in [2.75, 3.05) is 7.05 Å². The maximum atomic E-state index is 12.5. The van der Waals surface area contributed by atoms with E-state index in [-0.39, 0.29) is 17.9 Å². The average molecular weight is 299 g/mol. The maximum absolute atomic E-state index is 12.5. The first-order valence-corrected chi connectivity index (χ1v) is 7.78. The summed E-state index contributed by atoms with van der Waals surface area (Å²) in [7, 11) is 3.51. The second-order valence-corrected chi connectivity index (χ2v) is 6.04. The highest BCUT2D eigenvalue weighted by Gasteiger charge is 2.24. The number of likely N-dealkylation sites (N-methyl/N-ethyl adjacent to an activating group) is 1. The number of nitrogens with zero attached hydrogens (tertiary/aromatic N) is 3. The monoisotopic (exact) mass is 299 g/mol. The van der Waals surface area contributed by atoms with Gasteiger partial charge in [0.2, 0.25) is 5.91 Å². The lowest BCUT2D eigenvalue weighted by molar-refractivity contribution is -0.131. The molecule has 5 nitrogen and oxygen atoms in total. The molecule has 1 fully saturated rings. The van der Waals surface area contributed by atoms with Crippen LogP contribution in [0.25, 0.3) is 10.8 Å². The zero-order chi connectivity index (χ0) is 15.7. The second-order valence-electron chi connectivity index (χ2n) is 6.04. The SMILES string of the molecule is CN(C(=O)Cc1nn(C)c(=O)c2ccccc12)C1CCCC1. The minimum Gasteiger partial charge on any atom is -0.342 e. The quantitative estimate of drug-likeness (QED) is 0.869. The fraction of sp³-hybridized carbons (Fsp3) is 0.471. The summed E-state index contributed by atoms with van der Waals surface area (Å²) in [6.07, 6.45) is 4.81. The van der Waals surface area contributed by atoms with Crippen LogP contribution in [0.1, 0.15) is 31.4 Å². The molecule has 0 unspecified atom stereocenters. The molecule has 1 saturated carbocycles. The number of carbonyl (C=O) groups excluding carboxylic acids is 1. The highest BCUT2D eigenvalue weighted by atomic mass is 16.2. The van der Waals surface area contributed by atoms with Crippen molar-refractivity contribution in [1.82, 2.24) is 14.7 Å². The van der Waals surface area contributed by atoms with Crippen LogP contribution < -0.4 is 5.56 Å². The van der Waals surface area contributed by atoms with Gasteiger partial charge in [0.15, 0.2) is 0 Å². The first-order valence-electron chi connectivity index (χ1n) is 7.78. The summed E-state index contributed by atoms with van der Waals surface area (Å²) >= 11 is 0. The van der Waals surface area contributed by atoms with Gasteiger partial charge in [0.25, 0.3) is 5.56 Å². The highest BCUT2D eigenvalue weighted by Crippen LogP contribution is 2.23. The molecule has 5 heteroatoms. The van der Waals surface area contributed by atoms with Gasteiger partial charge in [-0.25, -0.2) is 4.68 Å². The summed E-state index contributed by atoms with van der Waals surface area (Å²) in [6, 6.07) is 7.71. The Hall–Kier alpha value is -2.17. The van der Waals surface area contributed by atoms with Gasteiger partial charge in [-0.3, -0.25) is 9.59 Å². The van der Waals surface area contributed by atoms with E-state index < -0.39 is 0 Å². The van der Waals surface area contributed by atoms with Crippen molar-refractivity contribution in [2.45, 2.75) is 38.1 Å². The van der Waals surface area contributed by atoms with Crippen LogP contribution in [-0.4, -0.2) is 33.7 Å². The number of hydrogen-bond donors (Lipinski definition) is 0. The lowest BCUT2D eigenvalue weighted by atomic mass is 10.1. The molecule has 116 valence electrons. The number of amides is 1. The predicted molar refractivity (Wildman–Crippen MR) is 85.7 cm³/mol. The molecule has 1 amide bonds. The summed E-state index contributed by atoms with van der Waals surface area (Å²) in [5.74, 6) is 0.0724. The van der Waals surface area contributed by atoms with Crippen LogP contribution in [0.5, 0.6) is 0 Å².